The first-order chi connectivity index (χ1) is 12.7. The van der Waals surface area contributed by atoms with E-state index in [0.717, 1.165) is 6.16 Å². The van der Waals surface area contributed by atoms with Crippen LogP contribution in [0.3, 0.4) is 0 Å². The summed E-state index contributed by atoms with van der Waals surface area (Å²) in [5, 5.41) is 22.8. The fraction of sp³-hybridized carbons (Fsp3) is 0.294. The smallest absolute Gasteiger partial charge is 0.314 e. The Bertz CT molecular complexity index is 877. The van der Waals surface area contributed by atoms with Gasteiger partial charge in [0, 0.05) is 22.7 Å². The predicted molar refractivity (Wildman–Crippen MR) is 105 cm³/mol. The van der Waals surface area contributed by atoms with Crippen molar-refractivity contribution in [2.24, 2.45) is 0 Å². The number of benzene rings is 2. The van der Waals surface area contributed by atoms with Gasteiger partial charge in [-0.15, -0.1) is 0 Å². The molecule has 2 aromatic rings. The third kappa shape index (κ3) is 5.28. The van der Waals surface area contributed by atoms with Gasteiger partial charge in [-0.05, 0) is 38.2 Å². The summed E-state index contributed by atoms with van der Waals surface area (Å²) in [5.74, 6) is 0.0472. The fourth-order valence-corrected chi connectivity index (χ4v) is 3.42. The number of nitrogens with zero attached hydrogens (tertiary/aromatic N) is 2. The van der Waals surface area contributed by atoms with Gasteiger partial charge in [0.1, 0.15) is 11.6 Å². The summed E-state index contributed by atoms with van der Waals surface area (Å²) < 4.78 is 11.4. The first-order valence-electron chi connectivity index (χ1n) is 8.03. The highest BCUT2D eigenvalue weighted by Gasteiger charge is 2.24. The van der Waals surface area contributed by atoms with Gasteiger partial charge in [-0.3, -0.25) is 20.2 Å². The van der Waals surface area contributed by atoms with Gasteiger partial charge >= 0.3 is 11.4 Å². The monoisotopic (exact) mass is 412 g/mol. The Morgan fingerprint density at radius 3 is 2.44 bits per heavy atom. The number of hydrogen-bond acceptors (Lipinski definition) is 6. The molecule has 0 bridgehead atoms. The zero-order chi connectivity index (χ0) is 20.1. The fourth-order valence-electron chi connectivity index (χ4n) is 2.46. The molecule has 0 radical (unpaired) electrons. The molecule has 0 aliphatic rings. The zero-order valence-corrected chi connectivity index (χ0v) is 16.6. The van der Waals surface area contributed by atoms with Gasteiger partial charge in [-0.1, -0.05) is 27.1 Å². The third-order valence-electron chi connectivity index (χ3n) is 3.56. The van der Waals surface area contributed by atoms with Crippen molar-refractivity contribution in [1.82, 2.24) is 0 Å². The molecule has 0 aromatic heterocycles. The van der Waals surface area contributed by atoms with Crippen molar-refractivity contribution < 1.29 is 19.3 Å². The highest BCUT2D eigenvalue weighted by atomic mass is 35.5. The maximum absolute atomic E-state index is 11.4. The first-order valence-corrected chi connectivity index (χ1v) is 9.70. The Labute approximate surface area is 162 Å². The van der Waals surface area contributed by atoms with Gasteiger partial charge < -0.3 is 9.47 Å². The molecular formula is C17H18ClN2O6P. The van der Waals surface area contributed by atoms with E-state index in [1.165, 1.54) is 30.3 Å². The van der Waals surface area contributed by atoms with Gasteiger partial charge in [-0.25, -0.2) is 0 Å². The Hall–Kier alpha value is -2.44. The summed E-state index contributed by atoms with van der Waals surface area (Å²) in [5.41, 5.74) is -0.126. The minimum Gasteiger partial charge on any atom is -0.479 e. The van der Waals surface area contributed by atoms with Gasteiger partial charge in [0.05, 0.1) is 9.85 Å². The second-order valence-corrected chi connectivity index (χ2v) is 8.00. The molecule has 0 aliphatic carbocycles. The SMILES string of the molecule is CCPC(C)Oc1cc(Oc2ccc(Cl)cc2[N+](=O)[O-])cc(C)c1[N+](=O)[O-]. The topological polar surface area (TPSA) is 105 Å². The van der Waals surface area contributed by atoms with E-state index in [0.29, 0.717) is 14.1 Å². The summed E-state index contributed by atoms with van der Waals surface area (Å²) in [6.45, 7) is 5.39. The molecule has 0 N–H and O–H groups in total. The number of aryl methyl sites for hydroxylation is 1. The average Bonchev–Trinajstić information content (AvgIpc) is 2.55. The van der Waals surface area contributed by atoms with Gasteiger partial charge in [0.15, 0.2) is 0 Å². The van der Waals surface area contributed by atoms with Crippen LogP contribution in [0.5, 0.6) is 17.2 Å². The summed E-state index contributed by atoms with van der Waals surface area (Å²) in [4.78, 5) is 21.5. The minimum absolute atomic E-state index is 0.0212. The lowest BCUT2D eigenvalue weighted by atomic mass is 10.1. The molecular weight excluding hydrogens is 395 g/mol. The number of nitro benzene ring substituents is 2. The van der Waals surface area contributed by atoms with E-state index < -0.39 is 9.85 Å². The van der Waals surface area contributed by atoms with Crippen molar-refractivity contribution in [2.75, 3.05) is 6.16 Å². The molecule has 8 nitrogen and oxygen atoms in total. The van der Waals surface area contributed by atoms with Crippen LogP contribution in [0, 0.1) is 27.2 Å². The second-order valence-electron chi connectivity index (χ2n) is 5.63. The molecule has 0 saturated heterocycles. The molecule has 144 valence electrons. The summed E-state index contributed by atoms with van der Waals surface area (Å²) in [6, 6.07) is 6.83. The molecule has 0 spiro atoms. The molecule has 0 amide bonds. The molecule has 2 rings (SSSR count). The van der Waals surface area contributed by atoms with Crippen LogP contribution in [-0.4, -0.2) is 21.9 Å². The van der Waals surface area contributed by atoms with Gasteiger partial charge in [-0.2, -0.15) is 0 Å². The van der Waals surface area contributed by atoms with E-state index in [1.807, 2.05) is 13.8 Å². The molecule has 0 fully saturated rings. The minimum atomic E-state index is -0.610. The Morgan fingerprint density at radius 2 is 1.85 bits per heavy atom. The van der Waals surface area contributed by atoms with Crippen molar-refractivity contribution in [2.45, 2.75) is 26.6 Å². The lowest BCUT2D eigenvalue weighted by molar-refractivity contribution is -0.386. The summed E-state index contributed by atoms with van der Waals surface area (Å²) in [6.07, 6.45) is 0.890. The van der Waals surface area contributed by atoms with Gasteiger partial charge in [0.25, 0.3) is 0 Å². The lowest BCUT2D eigenvalue weighted by Gasteiger charge is -2.16. The van der Waals surface area contributed by atoms with E-state index in [-0.39, 0.29) is 39.5 Å². The molecule has 2 unspecified atom stereocenters. The normalized spacial score (nSPS) is 12.1. The number of ether oxygens (including phenoxy) is 2. The van der Waals surface area contributed by atoms with E-state index >= 15 is 0 Å². The number of halogens is 1. The number of hydrogen-bond donors (Lipinski definition) is 0. The number of nitro groups is 2. The van der Waals surface area contributed by atoms with E-state index in [2.05, 4.69) is 0 Å². The second kappa shape index (κ2) is 8.97. The summed E-state index contributed by atoms with van der Waals surface area (Å²) >= 11 is 5.80. The highest BCUT2D eigenvalue weighted by molar-refractivity contribution is 7.38. The van der Waals surface area contributed by atoms with Crippen LogP contribution in [0.1, 0.15) is 19.4 Å². The van der Waals surface area contributed by atoms with Crippen LogP contribution < -0.4 is 9.47 Å². The highest BCUT2D eigenvalue weighted by Crippen LogP contribution is 2.40. The molecule has 0 saturated carbocycles. The van der Waals surface area contributed by atoms with Crippen LogP contribution in [-0.2, 0) is 0 Å². The lowest BCUT2D eigenvalue weighted by Crippen LogP contribution is -2.08. The molecule has 0 heterocycles. The number of rotatable bonds is 8. The van der Waals surface area contributed by atoms with Gasteiger partial charge in [0.2, 0.25) is 11.5 Å². The van der Waals surface area contributed by atoms with E-state index in [9.17, 15) is 20.2 Å². The Kier molecular flexibility index (Phi) is 6.93. The first kappa shape index (κ1) is 20.9. The Balaban J connectivity index is 2.45. The molecule has 2 aromatic carbocycles. The van der Waals surface area contributed by atoms with E-state index in [1.54, 1.807) is 6.92 Å². The molecule has 27 heavy (non-hydrogen) atoms. The van der Waals surface area contributed by atoms with Crippen LogP contribution in [0.4, 0.5) is 11.4 Å². The maximum Gasteiger partial charge on any atom is 0.314 e. The van der Waals surface area contributed by atoms with Crippen molar-refractivity contribution in [3.8, 4) is 17.2 Å². The molecule has 10 heteroatoms. The van der Waals surface area contributed by atoms with Crippen molar-refractivity contribution in [1.29, 1.82) is 0 Å². The zero-order valence-electron chi connectivity index (χ0n) is 14.9. The predicted octanol–water partition coefficient (Wildman–Crippen LogP) is 5.68. The van der Waals surface area contributed by atoms with Crippen molar-refractivity contribution in [3.05, 3.63) is 61.1 Å². The maximum atomic E-state index is 11.4. The largest absolute Gasteiger partial charge is 0.479 e. The van der Waals surface area contributed by atoms with E-state index in [4.69, 9.17) is 21.1 Å². The average molecular weight is 413 g/mol. The van der Waals surface area contributed by atoms with Crippen LogP contribution in [0.2, 0.25) is 5.02 Å². The quantitative estimate of drug-likeness (QED) is 0.314. The van der Waals surface area contributed by atoms with Crippen LogP contribution in [0.15, 0.2) is 30.3 Å². The van der Waals surface area contributed by atoms with Crippen LogP contribution in [0.25, 0.3) is 0 Å². The standard InChI is InChI=1S/C17H18ClN2O6P/c1-4-27-11(3)25-16-9-13(7-10(2)17(16)20(23)24)26-15-6-5-12(18)8-14(15)19(21)22/h5-9,11,27H,4H2,1-3H3. The van der Waals surface area contributed by atoms with Crippen LogP contribution >= 0.6 is 20.2 Å². The summed E-state index contributed by atoms with van der Waals surface area (Å²) in [7, 11) is 0.475. The molecule has 2 atom stereocenters. The third-order valence-corrected chi connectivity index (χ3v) is 4.90. The van der Waals surface area contributed by atoms with Crippen molar-refractivity contribution in [3.63, 3.8) is 0 Å². The van der Waals surface area contributed by atoms with Crippen molar-refractivity contribution >= 4 is 31.6 Å². The Morgan fingerprint density at radius 1 is 1.15 bits per heavy atom. The molecule has 0 aliphatic heterocycles.